The molecular formula is C12H20F4O2. The summed E-state index contributed by atoms with van der Waals surface area (Å²) in [6, 6.07) is 0. The molecule has 0 N–H and O–H groups in total. The van der Waals surface area contributed by atoms with Crippen LogP contribution in [0.3, 0.4) is 0 Å². The van der Waals surface area contributed by atoms with E-state index in [0.29, 0.717) is 0 Å². The lowest BCUT2D eigenvalue weighted by atomic mass is 9.73. The highest BCUT2D eigenvalue weighted by Crippen LogP contribution is 2.38. The van der Waals surface area contributed by atoms with Crippen LogP contribution in [0.25, 0.3) is 0 Å². The van der Waals surface area contributed by atoms with Crippen LogP contribution in [-0.4, -0.2) is 25.4 Å². The van der Waals surface area contributed by atoms with Crippen LogP contribution in [-0.2, 0) is 9.53 Å². The van der Waals surface area contributed by atoms with Crippen molar-refractivity contribution in [2.75, 3.05) is 13.3 Å². The predicted molar refractivity (Wildman–Crippen MR) is 59.8 cm³/mol. The molecule has 0 rings (SSSR count). The first-order valence-electron chi connectivity index (χ1n) is 5.76. The van der Waals surface area contributed by atoms with Crippen molar-refractivity contribution < 1.29 is 27.1 Å². The number of alkyl halides is 4. The molecule has 1 atom stereocenters. The van der Waals surface area contributed by atoms with Crippen molar-refractivity contribution >= 4 is 5.97 Å². The van der Waals surface area contributed by atoms with Gasteiger partial charge in [0, 0.05) is 0 Å². The number of rotatable bonds is 5. The van der Waals surface area contributed by atoms with E-state index in [9.17, 15) is 22.4 Å². The summed E-state index contributed by atoms with van der Waals surface area (Å²) in [5.74, 6) is -1.11. The highest BCUT2D eigenvalue weighted by molar-refractivity contribution is 5.77. The van der Waals surface area contributed by atoms with Crippen LogP contribution in [0, 0.1) is 10.8 Å². The molecule has 6 heteroatoms. The molecule has 0 aromatic rings. The molecule has 0 radical (unpaired) electrons. The smallest absolute Gasteiger partial charge is 0.422 e. The predicted octanol–water partition coefficient (Wildman–Crippen LogP) is 3.89. The quantitative estimate of drug-likeness (QED) is 0.560. The summed E-state index contributed by atoms with van der Waals surface area (Å²) in [5.41, 5.74) is -1.86. The molecule has 0 saturated heterocycles. The summed E-state index contributed by atoms with van der Waals surface area (Å²) in [4.78, 5) is 11.7. The molecule has 0 fully saturated rings. The highest BCUT2D eigenvalue weighted by atomic mass is 19.4. The van der Waals surface area contributed by atoms with E-state index in [-0.39, 0.29) is 18.3 Å². The van der Waals surface area contributed by atoms with Gasteiger partial charge in [0.25, 0.3) is 0 Å². The molecule has 0 bridgehead atoms. The van der Waals surface area contributed by atoms with Crippen LogP contribution in [0.15, 0.2) is 0 Å². The molecule has 0 spiro atoms. The molecule has 108 valence electrons. The van der Waals surface area contributed by atoms with Gasteiger partial charge in [0.15, 0.2) is 6.61 Å². The minimum absolute atomic E-state index is 0.109. The first-order chi connectivity index (χ1) is 7.96. The lowest BCUT2D eigenvalue weighted by Crippen LogP contribution is -2.39. The van der Waals surface area contributed by atoms with E-state index in [0.717, 1.165) is 0 Å². The third-order valence-electron chi connectivity index (χ3n) is 2.60. The van der Waals surface area contributed by atoms with Crippen molar-refractivity contribution in [3.05, 3.63) is 0 Å². The molecule has 0 aromatic heterocycles. The molecule has 0 saturated carbocycles. The molecule has 0 heterocycles. The second-order valence-corrected chi connectivity index (χ2v) is 5.70. The fraction of sp³-hybridized carbons (Fsp3) is 0.917. The van der Waals surface area contributed by atoms with Crippen molar-refractivity contribution in [3.63, 3.8) is 0 Å². The van der Waals surface area contributed by atoms with Gasteiger partial charge in [-0.1, -0.05) is 27.7 Å². The summed E-state index contributed by atoms with van der Waals surface area (Å²) >= 11 is 0. The highest BCUT2D eigenvalue weighted by Gasteiger charge is 2.43. The van der Waals surface area contributed by atoms with E-state index in [1.165, 1.54) is 0 Å². The van der Waals surface area contributed by atoms with Crippen molar-refractivity contribution in [1.29, 1.82) is 0 Å². The number of carbonyl (C=O) groups is 1. The molecule has 18 heavy (non-hydrogen) atoms. The van der Waals surface area contributed by atoms with Crippen molar-refractivity contribution in [2.45, 2.75) is 46.7 Å². The van der Waals surface area contributed by atoms with Crippen molar-refractivity contribution in [2.24, 2.45) is 10.8 Å². The molecule has 0 aliphatic heterocycles. The average molecular weight is 272 g/mol. The second-order valence-electron chi connectivity index (χ2n) is 5.70. The van der Waals surface area contributed by atoms with Gasteiger partial charge in [-0.2, -0.15) is 13.2 Å². The minimum atomic E-state index is -4.59. The zero-order chi connectivity index (χ0) is 14.6. The third-order valence-corrected chi connectivity index (χ3v) is 2.60. The van der Waals surface area contributed by atoms with Crippen LogP contribution in [0.1, 0.15) is 40.5 Å². The molecule has 0 aliphatic rings. The Labute approximate surface area is 105 Å². The Bertz CT molecular complexity index is 275. The maximum Gasteiger partial charge on any atom is 0.422 e. The molecule has 0 amide bonds. The number of hydrogen-bond acceptors (Lipinski definition) is 2. The number of esters is 1. The average Bonchev–Trinajstić information content (AvgIpc) is 2.20. The van der Waals surface area contributed by atoms with Crippen LogP contribution < -0.4 is 0 Å². The van der Waals surface area contributed by atoms with E-state index in [1.807, 2.05) is 0 Å². The SMILES string of the molecule is CCC(CF)(CC(C)(C)C)C(=O)OCC(F)(F)F. The van der Waals surface area contributed by atoms with E-state index in [1.54, 1.807) is 27.7 Å². The number of carbonyl (C=O) groups excluding carboxylic acids is 1. The molecule has 0 aliphatic carbocycles. The zero-order valence-corrected chi connectivity index (χ0v) is 11.2. The third kappa shape index (κ3) is 5.69. The lowest BCUT2D eigenvalue weighted by molar-refractivity contribution is -0.195. The first-order valence-corrected chi connectivity index (χ1v) is 5.76. The molecule has 0 aromatic carbocycles. The lowest BCUT2D eigenvalue weighted by Gasteiger charge is -2.33. The van der Waals surface area contributed by atoms with Gasteiger partial charge in [-0.15, -0.1) is 0 Å². The van der Waals surface area contributed by atoms with Crippen LogP contribution in [0.2, 0.25) is 0 Å². The van der Waals surface area contributed by atoms with E-state index in [2.05, 4.69) is 4.74 Å². The Kier molecular flexibility index (Phi) is 5.62. The monoisotopic (exact) mass is 272 g/mol. The largest absolute Gasteiger partial charge is 0.456 e. The van der Waals surface area contributed by atoms with E-state index >= 15 is 0 Å². The maximum atomic E-state index is 13.1. The topological polar surface area (TPSA) is 26.3 Å². The minimum Gasteiger partial charge on any atom is -0.456 e. The normalized spacial score (nSPS) is 16.2. The van der Waals surface area contributed by atoms with E-state index in [4.69, 9.17) is 0 Å². The fourth-order valence-electron chi connectivity index (χ4n) is 1.85. The number of hydrogen-bond donors (Lipinski definition) is 0. The number of halogens is 4. The van der Waals surface area contributed by atoms with Gasteiger partial charge >= 0.3 is 12.1 Å². The van der Waals surface area contributed by atoms with Crippen LogP contribution >= 0.6 is 0 Å². The fourth-order valence-corrected chi connectivity index (χ4v) is 1.85. The summed E-state index contributed by atoms with van der Waals surface area (Å²) in [6.07, 6.45) is -4.34. The van der Waals surface area contributed by atoms with Gasteiger partial charge < -0.3 is 4.74 Å². The summed E-state index contributed by atoms with van der Waals surface area (Å²) in [7, 11) is 0. The summed E-state index contributed by atoms with van der Waals surface area (Å²) in [6.45, 7) is 4.27. The van der Waals surface area contributed by atoms with Crippen LogP contribution in [0.4, 0.5) is 17.6 Å². The molecular weight excluding hydrogens is 252 g/mol. The Morgan fingerprint density at radius 1 is 1.17 bits per heavy atom. The van der Waals surface area contributed by atoms with Gasteiger partial charge in [-0.25, -0.2) is 4.39 Å². The Morgan fingerprint density at radius 3 is 1.94 bits per heavy atom. The summed E-state index contributed by atoms with van der Waals surface area (Å²) in [5, 5.41) is 0. The van der Waals surface area contributed by atoms with Crippen molar-refractivity contribution in [3.8, 4) is 0 Å². The van der Waals surface area contributed by atoms with Crippen LogP contribution in [0.5, 0.6) is 0 Å². The number of ether oxygens (including phenoxy) is 1. The Morgan fingerprint density at radius 2 is 1.67 bits per heavy atom. The van der Waals surface area contributed by atoms with Gasteiger partial charge in [0.05, 0.1) is 5.41 Å². The Balaban J connectivity index is 4.83. The summed E-state index contributed by atoms with van der Waals surface area (Å²) < 4.78 is 53.3. The van der Waals surface area contributed by atoms with Gasteiger partial charge in [0.1, 0.15) is 6.67 Å². The van der Waals surface area contributed by atoms with Crippen molar-refractivity contribution in [1.82, 2.24) is 0 Å². The Hall–Kier alpha value is -0.810. The molecule has 1 unspecified atom stereocenters. The standard InChI is InChI=1S/C12H20F4O2/c1-5-11(7-13,6-10(2,3)4)9(17)18-8-12(14,15)16/h5-8H2,1-4H3. The maximum absolute atomic E-state index is 13.1. The first kappa shape index (κ1) is 17.2. The van der Waals surface area contributed by atoms with E-state index < -0.39 is 30.8 Å². The zero-order valence-electron chi connectivity index (χ0n) is 11.2. The van der Waals surface area contributed by atoms with Gasteiger partial charge in [-0.05, 0) is 18.3 Å². The van der Waals surface area contributed by atoms with Gasteiger partial charge in [-0.3, -0.25) is 4.79 Å². The molecule has 2 nitrogen and oxygen atoms in total. The second kappa shape index (κ2) is 5.89. The van der Waals surface area contributed by atoms with Gasteiger partial charge in [0.2, 0.25) is 0 Å².